The van der Waals surface area contributed by atoms with Crippen molar-refractivity contribution in [2.45, 2.75) is 12.8 Å². The molecule has 134 valence electrons. The Hall–Kier alpha value is -2.73. The molecule has 1 N–H and O–H groups in total. The minimum atomic E-state index is -0.148. The highest BCUT2D eigenvalue weighted by Gasteiger charge is 2.27. The van der Waals surface area contributed by atoms with E-state index in [4.69, 9.17) is 11.6 Å². The Morgan fingerprint density at radius 2 is 1.88 bits per heavy atom. The molecule has 0 saturated carbocycles. The van der Waals surface area contributed by atoms with Gasteiger partial charge in [0, 0.05) is 35.8 Å². The molecule has 2 heterocycles. The van der Waals surface area contributed by atoms with Crippen LogP contribution >= 0.6 is 11.6 Å². The average molecular weight is 371 g/mol. The number of piperidine rings is 1. The van der Waals surface area contributed by atoms with Gasteiger partial charge < -0.3 is 4.90 Å². The second-order valence-corrected chi connectivity index (χ2v) is 6.50. The molecule has 0 spiro atoms. The first-order valence-corrected chi connectivity index (χ1v) is 8.80. The number of hydrogen-bond acceptors (Lipinski definition) is 4. The Morgan fingerprint density at radius 1 is 1.15 bits per heavy atom. The van der Waals surface area contributed by atoms with Gasteiger partial charge in [-0.25, -0.2) is 5.43 Å². The standard InChI is InChI=1S/C19H19ClN4O2/c20-16-6-4-15(5-7-16)19(26)24-11-8-14(9-12-24)18(25)23-22-13-17-3-1-2-10-21-17/h1-7,10,13-14H,8-9,11-12H2,(H,23,25)/b22-13-. The topological polar surface area (TPSA) is 74.7 Å². The number of carbonyl (C=O) groups is 2. The minimum Gasteiger partial charge on any atom is -0.339 e. The van der Waals surface area contributed by atoms with E-state index in [0.29, 0.717) is 42.2 Å². The molecule has 1 saturated heterocycles. The molecule has 0 aliphatic carbocycles. The molecule has 0 radical (unpaired) electrons. The van der Waals surface area contributed by atoms with Crippen molar-refractivity contribution in [3.8, 4) is 0 Å². The lowest BCUT2D eigenvalue weighted by Gasteiger charge is -2.31. The highest BCUT2D eigenvalue weighted by Crippen LogP contribution is 2.20. The summed E-state index contributed by atoms with van der Waals surface area (Å²) in [5.74, 6) is -0.311. The van der Waals surface area contributed by atoms with Crippen LogP contribution in [0.1, 0.15) is 28.9 Å². The summed E-state index contributed by atoms with van der Waals surface area (Å²) in [6.45, 7) is 1.09. The van der Waals surface area contributed by atoms with Gasteiger partial charge in [0.2, 0.25) is 5.91 Å². The number of hydrogen-bond donors (Lipinski definition) is 1. The number of benzene rings is 1. The van der Waals surface area contributed by atoms with E-state index in [2.05, 4.69) is 15.5 Å². The van der Waals surface area contributed by atoms with Crippen LogP contribution in [0.15, 0.2) is 53.8 Å². The van der Waals surface area contributed by atoms with E-state index in [0.717, 1.165) is 0 Å². The summed E-state index contributed by atoms with van der Waals surface area (Å²) in [6.07, 6.45) is 4.40. The summed E-state index contributed by atoms with van der Waals surface area (Å²) >= 11 is 5.85. The van der Waals surface area contributed by atoms with Crippen LogP contribution in [0.3, 0.4) is 0 Å². The minimum absolute atomic E-state index is 0.0336. The molecule has 2 amide bonds. The van der Waals surface area contributed by atoms with Crippen molar-refractivity contribution in [3.05, 3.63) is 64.9 Å². The Morgan fingerprint density at radius 3 is 2.54 bits per heavy atom. The van der Waals surface area contributed by atoms with E-state index in [-0.39, 0.29) is 17.7 Å². The number of aromatic nitrogens is 1. The van der Waals surface area contributed by atoms with Crippen LogP contribution in [0.2, 0.25) is 5.02 Å². The van der Waals surface area contributed by atoms with Crippen molar-refractivity contribution in [2.75, 3.05) is 13.1 Å². The highest BCUT2D eigenvalue weighted by molar-refractivity contribution is 6.30. The van der Waals surface area contributed by atoms with E-state index in [1.54, 1.807) is 41.4 Å². The molecule has 1 fully saturated rings. The Balaban J connectivity index is 1.48. The second kappa shape index (κ2) is 8.58. The predicted octanol–water partition coefficient (Wildman–Crippen LogP) is 2.74. The van der Waals surface area contributed by atoms with Gasteiger partial charge in [-0.3, -0.25) is 14.6 Å². The van der Waals surface area contributed by atoms with Crippen molar-refractivity contribution in [3.63, 3.8) is 0 Å². The molecule has 1 aromatic carbocycles. The number of hydrazone groups is 1. The summed E-state index contributed by atoms with van der Waals surface area (Å²) in [6, 6.07) is 12.3. The zero-order chi connectivity index (χ0) is 18.4. The maximum absolute atomic E-state index is 12.5. The molecule has 2 aromatic rings. The Labute approximate surface area is 156 Å². The molecule has 0 bridgehead atoms. The summed E-state index contributed by atoms with van der Waals surface area (Å²) in [7, 11) is 0. The normalized spacial score (nSPS) is 15.2. The molecular weight excluding hydrogens is 352 g/mol. The number of pyridine rings is 1. The molecule has 1 aromatic heterocycles. The van der Waals surface area contributed by atoms with Gasteiger partial charge in [-0.05, 0) is 49.2 Å². The van der Waals surface area contributed by atoms with Crippen LogP contribution in [0, 0.1) is 5.92 Å². The van der Waals surface area contributed by atoms with Gasteiger partial charge in [-0.15, -0.1) is 0 Å². The van der Waals surface area contributed by atoms with Crippen LogP contribution in [0.25, 0.3) is 0 Å². The van der Waals surface area contributed by atoms with Gasteiger partial charge in [-0.2, -0.15) is 5.10 Å². The smallest absolute Gasteiger partial charge is 0.253 e. The fourth-order valence-corrected chi connectivity index (χ4v) is 2.95. The van der Waals surface area contributed by atoms with Gasteiger partial charge in [0.05, 0.1) is 11.9 Å². The third kappa shape index (κ3) is 4.67. The average Bonchev–Trinajstić information content (AvgIpc) is 2.69. The molecule has 3 rings (SSSR count). The van der Waals surface area contributed by atoms with E-state index in [1.807, 2.05) is 12.1 Å². The first-order valence-electron chi connectivity index (χ1n) is 8.42. The van der Waals surface area contributed by atoms with Gasteiger partial charge in [-0.1, -0.05) is 17.7 Å². The SMILES string of the molecule is O=C(N/N=C\c1ccccn1)C1CCN(C(=O)c2ccc(Cl)cc2)CC1. The molecule has 7 heteroatoms. The van der Waals surface area contributed by atoms with Crippen LogP contribution in [-0.2, 0) is 4.79 Å². The fourth-order valence-electron chi connectivity index (χ4n) is 2.83. The predicted molar refractivity (Wildman–Crippen MR) is 100 cm³/mol. The van der Waals surface area contributed by atoms with Crippen LogP contribution < -0.4 is 5.43 Å². The quantitative estimate of drug-likeness (QED) is 0.664. The molecule has 6 nitrogen and oxygen atoms in total. The maximum atomic E-state index is 12.5. The number of nitrogens with zero attached hydrogens (tertiary/aromatic N) is 3. The van der Waals surface area contributed by atoms with E-state index < -0.39 is 0 Å². The summed E-state index contributed by atoms with van der Waals surface area (Å²) in [5, 5.41) is 4.55. The van der Waals surface area contributed by atoms with Crippen molar-refractivity contribution >= 4 is 29.6 Å². The second-order valence-electron chi connectivity index (χ2n) is 6.06. The summed E-state index contributed by atoms with van der Waals surface area (Å²) in [5.41, 5.74) is 3.84. The fraction of sp³-hybridized carbons (Fsp3) is 0.263. The Kier molecular flexibility index (Phi) is 5.96. The third-order valence-corrected chi connectivity index (χ3v) is 4.56. The lowest BCUT2D eigenvalue weighted by Crippen LogP contribution is -2.42. The monoisotopic (exact) mass is 370 g/mol. The van der Waals surface area contributed by atoms with Gasteiger partial charge in [0.15, 0.2) is 0 Å². The number of halogens is 1. The largest absolute Gasteiger partial charge is 0.339 e. The highest BCUT2D eigenvalue weighted by atomic mass is 35.5. The Bertz CT molecular complexity index is 785. The number of likely N-dealkylation sites (tertiary alicyclic amines) is 1. The van der Waals surface area contributed by atoms with Gasteiger partial charge in [0.1, 0.15) is 0 Å². The van der Waals surface area contributed by atoms with Crippen LogP contribution in [-0.4, -0.2) is 41.0 Å². The molecule has 1 aliphatic rings. The molecular formula is C19H19ClN4O2. The van der Waals surface area contributed by atoms with E-state index in [9.17, 15) is 9.59 Å². The zero-order valence-electron chi connectivity index (χ0n) is 14.1. The summed E-state index contributed by atoms with van der Waals surface area (Å²) in [4.78, 5) is 30.5. The number of nitrogens with one attached hydrogen (secondary N) is 1. The van der Waals surface area contributed by atoms with Crippen molar-refractivity contribution < 1.29 is 9.59 Å². The molecule has 0 unspecified atom stereocenters. The lowest BCUT2D eigenvalue weighted by atomic mass is 9.95. The van der Waals surface area contributed by atoms with Crippen LogP contribution in [0.4, 0.5) is 0 Å². The molecule has 0 atom stereocenters. The first-order chi connectivity index (χ1) is 12.6. The van der Waals surface area contributed by atoms with Crippen LogP contribution in [0.5, 0.6) is 0 Å². The molecule has 26 heavy (non-hydrogen) atoms. The van der Waals surface area contributed by atoms with Gasteiger partial charge in [0.25, 0.3) is 5.91 Å². The van der Waals surface area contributed by atoms with Crippen molar-refractivity contribution in [1.82, 2.24) is 15.3 Å². The van der Waals surface area contributed by atoms with Crippen molar-refractivity contribution in [2.24, 2.45) is 11.0 Å². The number of amides is 2. The first kappa shape index (κ1) is 18.1. The summed E-state index contributed by atoms with van der Waals surface area (Å²) < 4.78 is 0. The van der Waals surface area contributed by atoms with E-state index in [1.165, 1.54) is 6.21 Å². The zero-order valence-corrected chi connectivity index (χ0v) is 14.9. The number of carbonyl (C=O) groups excluding carboxylic acids is 2. The maximum Gasteiger partial charge on any atom is 0.253 e. The van der Waals surface area contributed by atoms with Gasteiger partial charge >= 0.3 is 0 Å². The molecule has 1 aliphatic heterocycles. The lowest BCUT2D eigenvalue weighted by molar-refractivity contribution is -0.126. The third-order valence-electron chi connectivity index (χ3n) is 4.30. The van der Waals surface area contributed by atoms with E-state index >= 15 is 0 Å². The van der Waals surface area contributed by atoms with Crippen molar-refractivity contribution in [1.29, 1.82) is 0 Å². The number of rotatable bonds is 4.